The standard InChI is InChI=1S/C12H12F3NO3/c1-3-12(2,11(18)19)16-10(17)9-7(14)4-6(13)5-8(9)15/h4-5H,3H2,1-2H3,(H,16,17)(H,18,19). The molecule has 0 aliphatic heterocycles. The maximum atomic E-state index is 13.4. The molecule has 1 aromatic carbocycles. The molecule has 1 aromatic rings. The Balaban J connectivity index is 3.12. The van der Waals surface area contributed by atoms with Crippen molar-refractivity contribution in [2.45, 2.75) is 25.8 Å². The first-order chi connectivity index (χ1) is 8.71. The summed E-state index contributed by atoms with van der Waals surface area (Å²) in [5, 5.41) is 11.0. The Labute approximate surface area is 107 Å². The van der Waals surface area contributed by atoms with Crippen molar-refractivity contribution in [2.24, 2.45) is 0 Å². The van der Waals surface area contributed by atoms with Gasteiger partial charge in [-0.25, -0.2) is 18.0 Å². The molecular formula is C12H12F3NO3. The van der Waals surface area contributed by atoms with E-state index in [0.717, 1.165) is 0 Å². The van der Waals surface area contributed by atoms with E-state index in [2.05, 4.69) is 0 Å². The first kappa shape index (κ1) is 15.0. The molecular weight excluding hydrogens is 263 g/mol. The Morgan fingerprint density at radius 1 is 1.26 bits per heavy atom. The number of rotatable bonds is 4. The summed E-state index contributed by atoms with van der Waals surface area (Å²) in [7, 11) is 0. The number of aliphatic carboxylic acids is 1. The minimum Gasteiger partial charge on any atom is -0.480 e. The molecule has 104 valence electrons. The summed E-state index contributed by atoms with van der Waals surface area (Å²) < 4.78 is 39.4. The van der Waals surface area contributed by atoms with Crippen LogP contribution >= 0.6 is 0 Å². The minimum absolute atomic E-state index is 0.0124. The molecule has 1 atom stereocenters. The second-order valence-corrected chi connectivity index (χ2v) is 4.19. The predicted molar refractivity (Wildman–Crippen MR) is 60.1 cm³/mol. The maximum absolute atomic E-state index is 13.4. The fourth-order valence-electron chi connectivity index (χ4n) is 1.37. The van der Waals surface area contributed by atoms with E-state index in [1.165, 1.54) is 13.8 Å². The highest BCUT2D eigenvalue weighted by atomic mass is 19.1. The average Bonchev–Trinajstić information content (AvgIpc) is 2.26. The summed E-state index contributed by atoms with van der Waals surface area (Å²) in [6.07, 6.45) is 0.0124. The molecule has 0 radical (unpaired) electrons. The fourth-order valence-corrected chi connectivity index (χ4v) is 1.37. The van der Waals surface area contributed by atoms with Gasteiger partial charge in [0.1, 0.15) is 28.6 Å². The van der Waals surface area contributed by atoms with Crippen LogP contribution in [0.25, 0.3) is 0 Å². The van der Waals surface area contributed by atoms with E-state index < -0.39 is 40.4 Å². The molecule has 0 aromatic heterocycles. The van der Waals surface area contributed by atoms with Crippen molar-refractivity contribution in [1.29, 1.82) is 0 Å². The predicted octanol–water partition coefficient (Wildman–Crippen LogP) is 2.09. The quantitative estimate of drug-likeness (QED) is 0.884. The molecule has 1 amide bonds. The highest BCUT2D eigenvalue weighted by Crippen LogP contribution is 2.17. The first-order valence-electron chi connectivity index (χ1n) is 5.41. The Hall–Kier alpha value is -2.05. The fraction of sp³-hybridized carbons (Fsp3) is 0.333. The minimum atomic E-state index is -1.66. The molecule has 0 bridgehead atoms. The molecule has 7 heteroatoms. The van der Waals surface area contributed by atoms with Gasteiger partial charge in [0, 0.05) is 12.1 Å². The number of carbonyl (C=O) groups excluding carboxylic acids is 1. The van der Waals surface area contributed by atoms with Gasteiger partial charge in [0.2, 0.25) is 0 Å². The second-order valence-electron chi connectivity index (χ2n) is 4.19. The van der Waals surface area contributed by atoms with Crippen molar-refractivity contribution in [3.8, 4) is 0 Å². The van der Waals surface area contributed by atoms with Crippen LogP contribution in [0.3, 0.4) is 0 Å². The third kappa shape index (κ3) is 3.04. The molecule has 0 saturated heterocycles. The van der Waals surface area contributed by atoms with Crippen LogP contribution in [0.2, 0.25) is 0 Å². The van der Waals surface area contributed by atoms with Crippen molar-refractivity contribution in [1.82, 2.24) is 5.32 Å². The topological polar surface area (TPSA) is 66.4 Å². The van der Waals surface area contributed by atoms with Crippen molar-refractivity contribution < 1.29 is 27.9 Å². The van der Waals surface area contributed by atoms with Crippen LogP contribution in [-0.4, -0.2) is 22.5 Å². The summed E-state index contributed by atoms with van der Waals surface area (Å²) in [6.45, 7) is 2.69. The van der Waals surface area contributed by atoms with Crippen LogP contribution in [0.5, 0.6) is 0 Å². The van der Waals surface area contributed by atoms with E-state index in [4.69, 9.17) is 5.11 Å². The number of nitrogens with one attached hydrogen (secondary N) is 1. The lowest BCUT2D eigenvalue weighted by Gasteiger charge is -2.24. The molecule has 2 N–H and O–H groups in total. The third-order valence-electron chi connectivity index (χ3n) is 2.80. The zero-order chi connectivity index (χ0) is 14.8. The van der Waals surface area contributed by atoms with Gasteiger partial charge < -0.3 is 10.4 Å². The lowest BCUT2D eigenvalue weighted by atomic mass is 9.98. The van der Waals surface area contributed by atoms with Crippen LogP contribution in [-0.2, 0) is 4.79 Å². The van der Waals surface area contributed by atoms with Crippen LogP contribution < -0.4 is 5.32 Å². The van der Waals surface area contributed by atoms with E-state index in [9.17, 15) is 22.8 Å². The third-order valence-corrected chi connectivity index (χ3v) is 2.80. The normalized spacial score (nSPS) is 13.7. The monoisotopic (exact) mass is 275 g/mol. The molecule has 4 nitrogen and oxygen atoms in total. The molecule has 0 aliphatic rings. The van der Waals surface area contributed by atoms with Crippen LogP contribution in [0, 0.1) is 17.5 Å². The number of hydrogen-bond donors (Lipinski definition) is 2. The molecule has 0 spiro atoms. The summed E-state index contributed by atoms with van der Waals surface area (Å²) >= 11 is 0. The zero-order valence-electron chi connectivity index (χ0n) is 10.3. The van der Waals surface area contributed by atoms with Crippen LogP contribution in [0.15, 0.2) is 12.1 Å². The zero-order valence-corrected chi connectivity index (χ0v) is 10.3. The number of carboxylic acid groups (broad SMARTS) is 1. The van der Waals surface area contributed by atoms with E-state index in [0.29, 0.717) is 12.1 Å². The Bertz CT molecular complexity index is 510. The Kier molecular flexibility index (Phi) is 4.18. The molecule has 0 aliphatic carbocycles. The Morgan fingerprint density at radius 2 is 1.74 bits per heavy atom. The number of carboxylic acids is 1. The van der Waals surface area contributed by atoms with Crippen LogP contribution in [0.1, 0.15) is 30.6 Å². The molecule has 19 heavy (non-hydrogen) atoms. The van der Waals surface area contributed by atoms with Gasteiger partial charge >= 0.3 is 5.97 Å². The molecule has 0 fully saturated rings. The summed E-state index contributed by atoms with van der Waals surface area (Å²) in [4.78, 5) is 22.7. The number of carbonyl (C=O) groups is 2. The largest absolute Gasteiger partial charge is 0.480 e. The van der Waals surface area contributed by atoms with Gasteiger partial charge in [-0.3, -0.25) is 4.79 Å². The van der Waals surface area contributed by atoms with Crippen molar-refractivity contribution in [2.75, 3.05) is 0 Å². The SMILES string of the molecule is CCC(C)(NC(=O)c1c(F)cc(F)cc1F)C(=O)O. The van der Waals surface area contributed by atoms with Gasteiger partial charge in [0.05, 0.1) is 0 Å². The maximum Gasteiger partial charge on any atom is 0.329 e. The first-order valence-corrected chi connectivity index (χ1v) is 5.41. The van der Waals surface area contributed by atoms with E-state index in [1.807, 2.05) is 5.32 Å². The van der Waals surface area contributed by atoms with Gasteiger partial charge in [-0.15, -0.1) is 0 Å². The van der Waals surface area contributed by atoms with E-state index in [-0.39, 0.29) is 6.42 Å². The van der Waals surface area contributed by atoms with Gasteiger partial charge in [0.25, 0.3) is 5.91 Å². The molecule has 0 heterocycles. The molecule has 0 saturated carbocycles. The van der Waals surface area contributed by atoms with Gasteiger partial charge in [0.15, 0.2) is 0 Å². The van der Waals surface area contributed by atoms with Crippen molar-refractivity contribution in [3.05, 3.63) is 35.1 Å². The summed E-state index contributed by atoms with van der Waals surface area (Å²) in [6, 6.07) is 0.699. The average molecular weight is 275 g/mol. The van der Waals surface area contributed by atoms with Gasteiger partial charge in [-0.05, 0) is 13.3 Å². The lowest BCUT2D eigenvalue weighted by Crippen LogP contribution is -2.52. The summed E-state index contributed by atoms with van der Waals surface area (Å²) in [5.74, 6) is -6.53. The molecule has 1 unspecified atom stereocenters. The van der Waals surface area contributed by atoms with Gasteiger partial charge in [-0.2, -0.15) is 0 Å². The number of hydrogen-bond acceptors (Lipinski definition) is 2. The Morgan fingerprint density at radius 3 is 2.11 bits per heavy atom. The number of benzene rings is 1. The highest BCUT2D eigenvalue weighted by Gasteiger charge is 2.34. The van der Waals surface area contributed by atoms with E-state index in [1.54, 1.807) is 0 Å². The van der Waals surface area contributed by atoms with Crippen molar-refractivity contribution >= 4 is 11.9 Å². The molecule has 1 rings (SSSR count). The highest BCUT2D eigenvalue weighted by molar-refractivity contribution is 5.98. The van der Waals surface area contributed by atoms with Gasteiger partial charge in [-0.1, -0.05) is 6.92 Å². The number of amides is 1. The smallest absolute Gasteiger partial charge is 0.329 e. The van der Waals surface area contributed by atoms with Crippen molar-refractivity contribution in [3.63, 3.8) is 0 Å². The summed E-state index contributed by atoms with van der Waals surface area (Å²) in [5.41, 5.74) is -2.67. The van der Waals surface area contributed by atoms with E-state index >= 15 is 0 Å². The number of halogens is 3. The second kappa shape index (κ2) is 5.29. The van der Waals surface area contributed by atoms with Crippen LogP contribution in [0.4, 0.5) is 13.2 Å². The lowest BCUT2D eigenvalue weighted by molar-refractivity contribution is -0.143.